The molecule has 6 heteroatoms. The molecule has 0 aromatic rings. The number of carbonyl (C=O) groups is 2. The Morgan fingerprint density at radius 1 is 1.40 bits per heavy atom. The number of hydrogen-bond donors (Lipinski definition) is 3. The van der Waals surface area contributed by atoms with Gasteiger partial charge in [-0.15, -0.1) is 0 Å². The van der Waals surface area contributed by atoms with E-state index in [1.807, 2.05) is 6.26 Å². The average Bonchev–Trinajstić information content (AvgIpc) is 2.13. The molecule has 1 unspecified atom stereocenters. The van der Waals surface area contributed by atoms with Gasteiger partial charge in [-0.2, -0.15) is 11.8 Å². The van der Waals surface area contributed by atoms with Gasteiger partial charge in [0, 0.05) is 12.3 Å². The highest BCUT2D eigenvalue weighted by Gasteiger charge is 2.22. The van der Waals surface area contributed by atoms with Crippen LogP contribution < -0.4 is 10.6 Å². The summed E-state index contributed by atoms with van der Waals surface area (Å²) >= 11 is 1.62. The lowest BCUT2D eigenvalue weighted by Crippen LogP contribution is -2.48. The van der Waals surface area contributed by atoms with E-state index in [1.54, 1.807) is 25.6 Å². The van der Waals surface area contributed by atoms with Gasteiger partial charge in [0.05, 0.1) is 0 Å². The van der Waals surface area contributed by atoms with E-state index in [4.69, 9.17) is 5.11 Å². The highest BCUT2D eigenvalue weighted by Crippen LogP contribution is 2.01. The standard InChI is InChI=1S/C9H18N2O3S/c1-6(2)7(8(12)13)11-9(14)10-4-5-15-3/h6-7H,4-5H2,1-3H3,(H,12,13)(H2,10,11,14). The molecule has 88 valence electrons. The second-order valence-corrected chi connectivity index (χ2v) is 4.44. The molecule has 0 rings (SSSR count). The Bertz CT molecular complexity index is 221. The summed E-state index contributed by atoms with van der Waals surface area (Å²) in [6.45, 7) is 4.04. The monoisotopic (exact) mass is 234 g/mol. The molecule has 0 spiro atoms. The smallest absolute Gasteiger partial charge is 0.326 e. The molecule has 3 N–H and O–H groups in total. The van der Waals surface area contributed by atoms with Gasteiger partial charge in [-0.3, -0.25) is 0 Å². The van der Waals surface area contributed by atoms with Crippen LogP contribution in [0.4, 0.5) is 4.79 Å². The molecule has 0 aliphatic carbocycles. The summed E-state index contributed by atoms with van der Waals surface area (Å²) in [6.07, 6.45) is 1.94. The van der Waals surface area contributed by atoms with Gasteiger partial charge < -0.3 is 15.7 Å². The molecule has 0 radical (unpaired) electrons. The first-order chi connectivity index (χ1) is 6.99. The Morgan fingerprint density at radius 3 is 2.40 bits per heavy atom. The lowest BCUT2D eigenvalue weighted by Gasteiger charge is -2.18. The second-order valence-electron chi connectivity index (χ2n) is 3.45. The van der Waals surface area contributed by atoms with Crippen LogP contribution in [-0.2, 0) is 4.79 Å². The first-order valence-corrected chi connectivity index (χ1v) is 6.14. The summed E-state index contributed by atoms with van der Waals surface area (Å²) in [5.74, 6) is -0.328. The third-order valence-corrected chi connectivity index (χ3v) is 2.42. The quantitative estimate of drug-likeness (QED) is 0.593. The number of nitrogens with one attached hydrogen (secondary N) is 2. The minimum atomic E-state index is -1.01. The number of carboxylic acid groups (broad SMARTS) is 1. The van der Waals surface area contributed by atoms with Crippen molar-refractivity contribution < 1.29 is 14.7 Å². The van der Waals surface area contributed by atoms with E-state index in [2.05, 4.69) is 10.6 Å². The van der Waals surface area contributed by atoms with Crippen LogP contribution in [0.1, 0.15) is 13.8 Å². The lowest BCUT2D eigenvalue weighted by atomic mass is 10.1. The predicted octanol–water partition coefficient (Wildman–Crippen LogP) is 0.758. The highest BCUT2D eigenvalue weighted by molar-refractivity contribution is 7.98. The van der Waals surface area contributed by atoms with Gasteiger partial charge in [0.15, 0.2) is 0 Å². The molecule has 0 saturated heterocycles. The first kappa shape index (κ1) is 14.1. The predicted molar refractivity (Wildman–Crippen MR) is 61.2 cm³/mol. The summed E-state index contributed by atoms with van der Waals surface area (Å²) in [7, 11) is 0. The van der Waals surface area contributed by atoms with Gasteiger partial charge in [-0.05, 0) is 12.2 Å². The molecule has 0 aromatic heterocycles. The minimum absolute atomic E-state index is 0.131. The largest absolute Gasteiger partial charge is 0.480 e. The Balaban J connectivity index is 3.95. The van der Waals surface area contributed by atoms with Crippen LogP contribution in [0.5, 0.6) is 0 Å². The zero-order chi connectivity index (χ0) is 11.8. The molecule has 5 nitrogen and oxygen atoms in total. The van der Waals surface area contributed by atoms with Crippen molar-refractivity contribution in [3.05, 3.63) is 0 Å². The van der Waals surface area contributed by atoms with Crippen molar-refractivity contribution in [2.24, 2.45) is 5.92 Å². The maximum Gasteiger partial charge on any atom is 0.326 e. The van der Waals surface area contributed by atoms with Gasteiger partial charge in [0.1, 0.15) is 6.04 Å². The van der Waals surface area contributed by atoms with Crippen molar-refractivity contribution in [2.45, 2.75) is 19.9 Å². The third-order valence-electron chi connectivity index (χ3n) is 1.81. The van der Waals surface area contributed by atoms with E-state index in [1.165, 1.54) is 0 Å². The summed E-state index contributed by atoms with van der Waals surface area (Å²) in [5, 5.41) is 13.8. The highest BCUT2D eigenvalue weighted by atomic mass is 32.2. The number of carbonyl (C=O) groups excluding carboxylic acids is 1. The molecular weight excluding hydrogens is 216 g/mol. The number of carboxylic acids is 1. The number of rotatable bonds is 6. The number of urea groups is 1. The second kappa shape index (κ2) is 7.39. The van der Waals surface area contributed by atoms with Gasteiger partial charge in [0.2, 0.25) is 0 Å². The van der Waals surface area contributed by atoms with Crippen molar-refractivity contribution in [1.29, 1.82) is 0 Å². The molecule has 0 aliphatic rings. The molecule has 0 heterocycles. The molecule has 0 aliphatic heterocycles. The molecule has 0 saturated carbocycles. The van der Waals surface area contributed by atoms with E-state index in [-0.39, 0.29) is 5.92 Å². The van der Waals surface area contributed by atoms with Crippen LogP contribution in [0.3, 0.4) is 0 Å². The van der Waals surface area contributed by atoms with Gasteiger partial charge in [0.25, 0.3) is 0 Å². The Morgan fingerprint density at radius 2 is 2.00 bits per heavy atom. The Hall–Kier alpha value is -0.910. The third kappa shape index (κ3) is 6.22. The fourth-order valence-electron chi connectivity index (χ4n) is 0.972. The number of hydrogen-bond acceptors (Lipinski definition) is 3. The molecule has 2 amide bonds. The molecule has 0 aromatic carbocycles. The van der Waals surface area contributed by atoms with E-state index < -0.39 is 18.0 Å². The van der Waals surface area contributed by atoms with Crippen LogP contribution in [0, 0.1) is 5.92 Å². The van der Waals surface area contributed by atoms with Crippen molar-refractivity contribution in [3.63, 3.8) is 0 Å². The summed E-state index contributed by atoms with van der Waals surface area (Å²) < 4.78 is 0. The fraction of sp³-hybridized carbons (Fsp3) is 0.778. The summed E-state index contributed by atoms with van der Waals surface area (Å²) in [6, 6.07) is -1.26. The van der Waals surface area contributed by atoms with Gasteiger partial charge >= 0.3 is 12.0 Å². The van der Waals surface area contributed by atoms with Crippen molar-refractivity contribution in [1.82, 2.24) is 10.6 Å². The summed E-state index contributed by atoms with van der Waals surface area (Å²) in [5.41, 5.74) is 0. The SMILES string of the molecule is CSCCNC(=O)NC(C(=O)O)C(C)C. The van der Waals surface area contributed by atoms with Gasteiger partial charge in [-0.1, -0.05) is 13.8 Å². The van der Waals surface area contributed by atoms with E-state index in [9.17, 15) is 9.59 Å². The van der Waals surface area contributed by atoms with Crippen LogP contribution in [0.15, 0.2) is 0 Å². The lowest BCUT2D eigenvalue weighted by molar-refractivity contribution is -0.140. The number of aliphatic carboxylic acids is 1. The Labute approximate surface area is 94.0 Å². The number of thioether (sulfide) groups is 1. The first-order valence-electron chi connectivity index (χ1n) is 4.75. The maximum absolute atomic E-state index is 11.2. The van der Waals surface area contributed by atoms with E-state index >= 15 is 0 Å². The maximum atomic E-state index is 11.2. The molecular formula is C9H18N2O3S. The van der Waals surface area contributed by atoms with E-state index in [0.29, 0.717) is 6.54 Å². The van der Waals surface area contributed by atoms with Crippen molar-refractivity contribution >= 4 is 23.8 Å². The Kier molecular flexibility index (Phi) is 6.94. The number of amides is 2. The molecule has 0 bridgehead atoms. The van der Waals surface area contributed by atoms with Crippen LogP contribution in [0.25, 0.3) is 0 Å². The zero-order valence-corrected chi connectivity index (χ0v) is 10.1. The average molecular weight is 234 g/mol. The van der Waals surface area contributed by atoms with E-state index in [0.717, 1.165) is 5.75 Å². The minimum Gasteiger partial charge on any atom is -0.480 e. The molecule has 0 fully saturated rings. The summed E-state index contributed by atoms with van der Waals surface area (Å²) in [4.78, 5) is 22.0. The van der Waals surface area contributed by atoms with Crippen LogP contribution in [-0.4, -0.2) is 41.7 Å². The molecule has 15 heavy (non-hydrogen) atoms. The topological polar surface area (TPSA) is 78.4 Å². The van der Waals surface area contributed by atoms with Crippen LogP contribution in [0.2, 0.25) is 0 Å². The van der Waals surface area contributed by atoms with Crippen LogP contribution >= 0.6 is 11.8 Å². The van der Waals surface area contributed by atoms with Gasteiger partial charge in [-0.25, -0.2) is 9.59 Å². The normalized spacial score (nSPS) is 12.3. The zero-order valence-electron chi connectivity index (χ0n) is 9.24. The van der Waals surface area contributed by atoms with Crippen molar-refractivity contribution in [2.75, 3.05) is 18.6 Å². The molecule has 1 atom stereocenters. The fourth-order valence-corrected chi connectivity index (χ4v) is 1.28. The van der Waals surface area contributed by atoms with Crippen molar-refractivity contribution in [3.8, 4) is 0 Å².